The van der Waals surface area contributed by atoms with Crippen molar-refractivity contribution in [2.45, 2.75) is 70.5 Å². The molecule has 4 aromatic rings. The minimum atomic E-state index is -1.27. The van der Waals surface area contributed by atoms with Crippen LogP contribution in [-0.2, 0) is 28.0 Å². The monoisotopic (exact) mass is 612 g/mol. The van der Waals surface area contributed by atoms with Crippen LogP contribution in [0.15, 0.2) is 57.6 Å². The molecule has 3 aliphatic rings. The van der Waals surface area contributed by atoms with Crippen LogP contribution < -0.4 is 26.4 Å². The van der Waals surface area contributed by atoms with Crippen molar-refractivity contribution in [3.63, 3.8) is 0 Å². The number of nitrogens with zero attached hydrogens (tertiary/aromatic N) is 2. The number of carbonyl (C=O) groups excluding carboxylic acids is 2. The Labute approximate surface area is 259 Å². The highest BCUT2D eigenvalue weighted by atomic mass is 16.5. The Morgan fingerprint density at radius 2 is 1.93 bits per heavy atom. The van der Waals surface area contributed by atoms with Crippen LogP contribution >= 0.6 is 0 Å². The van der Waals surface area contributed by atoms with E-state index in [0.29, 0.717) is 22.9 Å². The van der Waals surface area contributed by atoms with Gasteiger partial charge in [0, 0.05) is 24.2 Å². The number of aliphatic hydroxyl groups excluding tert-OH is 1. The highest BCUT2D eigenvalue weighted by Crippen LogP contribution is 2.59. The molecule has 12 heteroatoms. The van der Waals surface area contributed by atoms with Crippen LogP contribution in [0.25, 0.3) is 11.6 Å². The lowest BCUT2D eigenvalue weighted by molar-refractivity contribution is -0.135. The summed E-state index contributed by atoms with van der Waals surface area (Å²) in [5.41, 5.74) is 9.20. The molecule has 3 aliphatic heterocycles. The molecule has 0 fully saturated rings. The van der Waals surface area contributed by atoms with Crippen LogP contribution in [0.4, 0.5) is 5.69 Å². The number of aromatic nitrogens is 2. The predicted octanol–water partition coefficient (Wildman–Crippen LogP) is 3.14. The number of oxazole rings is 2. The molecule has 0 saturated heterocycles. The van der Waals surface area contributed by atoms with Crippen LogP contribution in [0.1, 0.15) is 67.8 Å². The number of amides is 2. The number of hydrogen-bond acceptors (Lipinski definition) is 10. The molecular weight excluding hydrogens is 576 g/mol. The van der Waals surface area contributed by atoms with E-state index in [0.717, 1.165) is 22.4 Å². The van der Waals surface area contributed by atoms with E-state index in [1.54, 1.807) is 13.8 Å². The van der Waals surface area contributed by atoms with E-state index in [2.05, 4.69) is 20.9 Å². The van der Waals surface area contributed by atoms with Crippen LogP contribution in [0.3, 0.4) is 0 Å². The van der Waals surface area contributed by atoms with Crippen LogP contribution in [0, 0.1) is 11.8 Å². The number of nitrogens with one attached hydrogen (secondary N) is 3. The summed E-state index contributed by atoms with van der Waals surface area (Å²) in [4.78, 5) is 36.5. The molecule has 45 heavy (non-hydrogen) atoms. The number of benzene rings is 2. The fourth-order valence-corrected chi connectivity index (χ4v) is 6.52. The average molecular weight is 613 g/mol. The van der Waals surface area contributed by atoms with E-state index in [9.17, 15) is 14.7 Å². The quantitative estimate of drug-likeness (QED) is 0.217. The lowest BCUT2D eigenvalue weighted by atomic mass is 9.72. The number of hydrogen-bond donors (Lipinski definition) is 5. The van der Waals surface area contributed by atoms with Gasteiger partial charge in [-0.15, -0.1) is 0 Å². The minimum absolute atomic E-state index is 0.159. The number of carbonyl (C=O) groups is 2. The normalized spacial score (nSPS) is 23.7. The van der Waals surface area contributed by atoms with Gasteiger partial charge >= 0.3 is 0 Å². The molecule has 5 atom stereocenters. The van der Waals surface area contributed by atoms with Gasteiger partial charge in [0.1, 0.15) is 35.6 Å². The maximum Gasteiger partial charge on any atom is 0.249 e. The summed E-state index contributed by atoms with van der Waals surface area (Å²) in [6, 6.07) is 12.0. The molecule has 2 amide bonds. The van der Waals surface area contributed by atoms with Crippen LogP contribution in [0.5, 0.6) is 5.75 Å². The fourth-order valence-electron chi connectivity index (χ4n) is 6.52. The lowest BCUT2D eigenvalue weighted by Crippen LogP contribution is -2.52. The number of nitrogens with two attached hydrogens (primary N) is 1. The first kappa shape index (κ1) is 29.1. The van der Waals surface area contributed by atoms with E-state index < -0.39 is 41.6 Å². The Bertz CT molecular complexity index is 1800. The molecule has 6 N–H and O–H groups in total. The van der Waals surface area contributed by atoms with Gasteiger partial charge in [-0.25, -0.2) is 9.97 Å². The number of fused-ring (bicyclic) bond motifs is 4. The van der Waals surface area contributed by atoms with Gasteiger partial charge in [0.25, 0.3) is 0 Å². The largest absolute Gasteiger partial charge is 0.469 e. The predicted molar refractivity (Wildman–Crippen MR) is 163 cm³/mol. The Hall–Kier alpha value is -4.68. The number of ether oxygens (including phenoxy) is 1. The fraction of sp³-hybridized carbons (Fsp3) is 0.394. The number of anilines is 1. The lowest BCUT2D eigenvalue weighted by Gasteiger charge is -2.29. The van der Waals surface area contributed by atoms with E-state index >= 15 is 0 Å². The van der Waals surface area contributed by atoms with Gasteiger partial charge < -0.3 is 40.4 Å². The van der Waals surface area contributed by atoms with Gasteiger partial charge in [-0.05, 0) is 35.1 Å². The smallest absolute Gasteiger partial charge is 0.249 e. The van der Waals surface area contributed by atoms with Crippen LogP contribution in [-0.4, -0.2) is 45.3 Å². The first-order valence-electron chi connectivity index (χ1n) is 15.2. The molecule has 0 radical (unpaired) electrons. The third kappa shape index (κ3) is 4.50. The first-order valence-corrected chi connectivity index (χ1v) is 15.2. The zero-order valence-electron chi connectivity index (χ0n) is 25.5. The Morgan fingerprint density at radius 1 is 1.13 bits per heavy atom. The van der Waals surface area contributed by atoms with Crippen molar-refractivity contribution in [2.24, 2.45) is 17.6 Å². The number of rotatable bonds is 6. The molecule has 0 aliphatic carbocycles. The Morgan fingerprint density at radius 3 is 2.67 bits per heavy atom. The van der Waals surface area contributed by atoms with Crippen molar-refractivity contribution in [1.29, 1.82) is 0 Å². The standard InChI is InChI=1S/C33H36N6O6/c1-15(2)24-31-39-25(30-35-18(13-34)14-43-30)27(45-31)33-19-7-5-6-8-21(19)37-32(33)44-23-10-9-17(11-20(23)33)12-22(28(41)38-24)36-29(42)26(40)16(3)4/h5-11,14-16,22,24,26,32,37,40H,12-13,34H2,1-4H3,(H,36,42)(H,38,41)/t22-,24-,26-,32+,33?/m0/s1. The molecule has 7 rings (SSSR count). The van der Waals surface area contributed by atoms with Crippen molar-refractivity contribution >= 4 is 17.5 Å². The molecule has 2 aromatic heterocycles. The van der Waals surface area contributed by atoms with Crippen molar-refractivity contribution in [3.8, 4) is 17.3 Å². The summed E-state index contributed by atoms with van der Waals surface area (Å²) in [5.74, 6) is 0.0606. The third-order valence-corrected chi connectivity index (χ3v) is 8.91. The van der Waals surface area contributed by atoms with Gasteiger partial charge in [0.15, 0.2) is 17.7 Å². The second kappa shape index (κ2) is 10.7. The van der Waals surface area contributed by atoms with E-state index in [4.69, 9.17) is 24.3 Å². The summed E-state index contributed by atoms with van der Waals surface area (Å²) in [6.07, 6.45) is -0.185. The summed E-state index contributed by atoms with van der Waals surface area (Å²) < 4.78 is 19.3. The summed E-state index contributed by atoms with van der Waals surface area (Å²) in [7, 11) is 0. The van der Waals surface area contributed by atoms with Crippen molar-refractivity contribution < 1.29 is 28.3 Å². The molecule has 1 unspecified atom stereocenters. The molecule has 2 aromatic carbocycles. The summed E-state index contributed by atoms with van der Waals surface area (Å²) >= 11 is 0. The topological polar surface area (TPSA) is 178 Å². The van der Waals surface area contributed by atoms with Gasteiger partial charge in [0.05, 0.1) is 5.69 Å². The molecule has 0 saturated carbocycles. The number of aliphatic hydroxyl groups is 1. The molecule has 12 nitrogen and oxygen atoms in total. The SMILES string of the molecule is CC(C)[C@H](O)C(=O)N[C@H]1Cc2ccc3c(c2)C2(c4ccccc4N[C@@H]2O3)c2oc(nc2-c2nc(CN)co2)[C@H](C(C)C)NC1=O. The first-order chi connectivity index (χ1) is 21.6. The average Bonchev–Trinajstić information content (AvgIpc) is 3.79. The highest BCUT2D eigenvalue weighted by molar-refractivity contribution is 5.90. The highest BCUT2D eigenvalue weighted by Gasteiger charge is 2.61. The van der Waals surface area contributed by atoms with E-state index in [1.165, 1.54) is 6.26 Å². The van der Waals surface area contributed by atoms with Crippen molar-refractivity contribution in [3.05, 3.63) is 82.8 Å². The van der Waals surface area contributed by atoms with Gasteiger partial charge in [-0.1, -0.05) is 58.0 Å². The molecular formula is C33H36N6O6. The van der Waals surface area contributed by atoms with Crippen molar-refractivity contribution in [1.82, 2.24) is 20.6 Å². The Kier molecular flexibility index (Phi) is 6.93. The van der Waals surface area contributed by atoms with Gasteiger partial charge in [0.2, 0.25) is 23.6 Å². The maximum atomic E-state index is 13.9. The zero-order chi connectivity index (χ0) is 31.6. The summed E-state index contributed by atoms with van der Waals surface area (Å²) in [6.45, 7) is 7.56. The van der Waals surface area contributed by atoms with Crippen LogP contribution in [0.2, 0.25) is 0 Å². The number of para-hydroxylation sites is 1. The second-order valence-electron chi connectivity index (χ2n) is 12.6. The molecule has 1 spiro atoms. The minimum Gasteiger partial charge on any atom is -0.469 e. The second-order valence-corrected chi connectivity index (χ2v) is 12.6. The van der Waals surface area contributed by atoms with Crippen molar-refractivity contribution in [2.75, 3.05) is 5.32 Å². The van der Waals surface area contributed by atoms with E-state index in [1.807, 2.05) is 56.3 Å². The molecule has 5 heterocycles. The zero-order valence-corrected chi connectivity index (χ0v) is 25.5. The molecule has 234 valence electrons. The molecule has 4 bridgehead atoms. The van der Waals surface area contributed by atoms with Gasteiger partial charge in [-0.3, -0.25) is 9.59 Å². The summed E-state index contributed by atoms with van der Waals surface area (Å²) in [5, 5.41) is 19.9. The van der Waals surface area contributed by atoms with E-state index in [-0.39, 0.29) is 36.6 Å². The Balaban J connectivity index is 1.48. The maximum absolute atomic E-state index is 13.9. The third-order valence-electron chi connectivity index (χ3n) is 8.91. The van der Waals surface area contributed by atoms with Gasteiger partial charge in [-0.2, -0.15) is 0 Å².